The smallest absolute Gasteiger partial charge is 0.0993 e. The Morgan fingerprint density at radius 3 is 1.69 bits per heavy atom. The molecule has 0 aliphatic heterocycles. The van der Waals surface area contributed by atoms with E-state index in [1.807, 2.05) is 0 Å². The van der Waals surface area contributed by atoms with Crippen LogP contribution in [0.1, 0.15) is 41.5 Å². The fourth-order valence-corrected chi connectivity index (χ4v) is 0.927. The summed E-state index contributed by atoms with van der Waals surface area (Å²) in [7, 11) is 0. The van der Waals surface area contributed by atoms with E-state index in [-0.39, 0.29) is 17.1 Å². The molecule has 0 radical (unpaired) electrons. The van der Waals surface area contributed by atoms with Crippen molar-refractivity contribution in [1.82, 2.24) is 5.32 Å². The SMILES string of the molecule is CC(C)N=C(NC(C)C)C(C)C.[Fe]. The zero-order valence-corrected chi connectivity index (χ0v) is 10.6. The summed E-state index contributed by atoms with van der Waals surface area (Å²) in [5.41, 5.74) is 0. The number of rotatable bonds is 3. The molecule has 0 aromatic rings. The molecule has 2 nitrogen and oxygen atoms in total. The van der Waals surface area contributed by atoms with E-state index in [2.05, 4.69) is 51.9 Å². The van der Waals surface area contributed by atoms with Crippen LogP contribution in [-0.4, -0.2) is 17.9 Å². The average Bonchev–Trinajstić information content (AvgIpc) is 1.83. The number of nitrogens with one attached hydrogen (secondary N) is 1. The van der Waals surface area contributed by atoms with E-state index >= 15 is 0 Å². The Kier molecular flexibility index (Phi) is 8.80. The molecular formula is C10H22FeN2. The zero-order valence-electron chi connectivity index (χ0n) is 9.53. The van der Waals surface area contributed by atoms with Gasteiger partial charge in [-0.05, 0) is 27.7 Å². The first-order valence-electron chi connectivity index (χ1n) is 4.77. The molecule has 0 heterocycles. The van der Waals surface area contributed by atoms with Crippen LogP contribution in [0.25, 0.3) is 0 Å². The minimum absolute atomic E-state index is 0. The van der Waals surface area contributed by atoms with Crippen molar-refractivity contribution in [1.29, 1.82) is 0 Å². The first-order chi connectivity index (χ1) is 5.43. The maximum atomic E-state index is 4.52. The van der Waals surface area contributed by atoms with Gasteiger partial charge in [-0.1, -0.05) is 13.8 Å². The fourth-order valence-electron chi connectivity index (χ4n) is 0.927. The van der Waals surface area contributed by atoms with Crippen LogP contribution >= 0.6 is 0 Å². The van der Waals surface area contributed by atoms with Crippen LogP contribution < -0.4 is 5.32 Å². The Balaban J connectivity index is 0. The van der Waals surface area contributed by atoms with Crippen LogP contribution in [0.15, 0.2) is 4.99 Å². The molecule has 0 aliphatic carbocycles. The summed E-state index contributed by atoms with van der Waals surface area (Å²) in [6, 6.07) is 0.860. The molecule has 0 aromatic carbocycles. The second kappa shape index (κ2) is 7.40. The third-order valence-corrected chi connectivity index (χ3v) is 1.38. The van der Waals surface area contributed by atoms with Crippen molar-refractivity contribution in [3.8, 4) is 0 Å². The van der Waals surface area contributed by atoms with Crippen LogP contribution in [0.2, 0.25) is 0 Å². The zero-order chi connectivity index (χ0) is 9.72. The summed E-state index contributed by atoms with van der Waals surface area (Å²) in [6.07, 6.45) is 0. The maximum Gasteiger partial charge on any atom is 0.0993 e. The molecule has 0 fully saturated rings. The first kappa shape index (κ1) is 15.5. The standard InChI is InChI=1S/C10H22N2.Fe/c1-7(2)10(11-8(3)4)12-9(5)6;/h7-9H,1-6H3,(H,11,12);. The van der Waals surface area contributed by atoms with Gasteiger partial charge in [-0.25, -0.2) is 0 Å². The number of nitrogens with zero attached hydrogens (tertiary/aromatic N) is 1. The third-order valence-electron chi connectivity index (χ3n) is 1.38. The Morgan fingerprint density at radius 2 is 1.46 bits per heavy atom. The predicted octanol–water partition coefficient (Wildman–Crippen LogP) is 2.44. The molecule has 3 heteroatoms. The Bertz CT molecular complexity index is 151. The second-order valence-electron chi connectivity index (χ2n) is 4.06. The van der Waals surface area contributed by atoms with Crippen LogP contribution in [-0.2, 0) is 17.1 Å². The molecule has 1 N–H and O–H groups in total. The molecule has 0 amide bonds. The Morgan fingerprint density at radius 1 is 1.00 bits per heavy atom. The summed E-state index contributed by atoms with van der Waals surface area (Å²) < 4.78 is 0. The summed E-state index contributed by atoms with van der Waals surface area (Å²) in [4.78, 5) is 4.52. The number of hydrogen-bond acceptors (Lipinski definition) is 1. The largest absolute Gasteiger partial charge is 0.371 e. The maximum absolute atomic E-state index is 4.52. The van der Waals surface area contributed by atoms with Crippen LogP contribution in [0.3, 0.4) is 0 Å². The number of amidine groups is 1. The van der Waals surface area contributed by atoms with Crippen molar-refractivity contribution in [2.75, 3.05) is 0 Å². The first-order valence-corrected chi connectivity index (χ1v) is 4.77. The number of hydrogen-bond donors (Lipinski definition) is 1. The molecule has 0 aromatic heterocycles. The molecule has 0 aliphatic rings. The third kappa shape index (κ3) is 8.32. The monoisotopic (exact) mass is 226 g/mol. The molecular weight excluding hydrogens is 204 g/mol. The predicted molar refractivity (Wildman–Crippen MR) is 55.7 cm³/mol. The molecule has 0 unspecified atom stereocenters. The van der Waals surface area contributed by atoms with Gasteiger partial charge < -0.3 is 5.32 Å². The minimum atomic E-state index is 0. The molecule has 0 bridgehead atoms. The van der Waals surface area contributed by atoms with Crippen molar-refractivity contribution in [2.24, 2.45) is 10.9 Å². The van der Waals surface area contributed by atoms with Crippen molar-refractivity contribution in [3.05, 3.63) is 0 Å². The van der Waals surface area contributed by atoms with Gasteiger partial charge in [-0.2, -0.15) is 0 Å². The molecule has 0 rings (SSSR count). The van der Waals surface area contributed by atoms with Gasteiger partial charge in [0.05, 0.1) is 5.84 Å². The van der Waals surface area contributed by atoms with E-state index in [9.17, 15) is 0 Å². The van der Waals surface area contributed by atoms with Crippen molar-refractivity contribution < 1.29 is 17.1 Å². The number of aliphatic imine (C=N–C) groups is 1. The average molecular weight is 226 g/mol. The van der Waals surface area contributed by atoms with E-state index in [0.717, 1.165) is 5.84 Å². The van der Waals surface area contributed by atoms with E-state index in [4.69, 9.17) is 0 Å². The topological polar surface area (TPSA) is 24.4 Å². The fraction of sp³-hybridized carbons (Fsp3) is 0.900. The Hall–Kier alpha value is -0.0105. The van der Waals surface area contributed by atoms with E-state index in [0.29, 0.717) is 18.0 Å². The molecule has 0 saturated carbocycles. The van der Waals surface area contributed by atoms with Gasteiger partial charge in [0.15, 0.2) is 0 Å². The second-order valence-corrected chi connectivity index (χ2v) is 4.06. The quantitative estimate of drug-likeness (QED) is 0.446. The molecule has 80 valence electrons. The molecule has 0 saturated heterocycles. The van der Waals surface area contributed by atoms with Gasteiger partial charge in [0.25, 0.3) is 0 Å². The summed E-state index contributed by atoms with van der Waals surface area (Å²) >= 11 is 0. The van der Waals surface area contributed by atoms with Crippen molar-refractivity contribution in [2.45, 2.75) is 53.6 Å². The normalized spacial score (nSPS) is 12.2. The van der Waals surface area contributed by atoms with Crippen molar-refractivity contribution >= 4 is 5.84 Å². The molecule has 0 atom stereocenters. The van der Waals surface area contributed by atoms with Gasteiger partial charge in [0.1, 0.15) is 0 Å². The van der Waals surface area contributed by atoms with Gasteiger partial charge in [0.2, 0.25) is 0 Å². The minimum Gasteiger partial charge on any atom is -0.371 e. The van der Waals surface area contributed by atoms with Crippen LogP contribution in [0, 0.1) is 5.92 Å². The summed E-state index contributed by atoms with van der Waals surface area (Å²) in [5, 5.41) is 3.36. The van der Waals surface area contributed by atoms with Crippen LogP contribution in [0.4, 0.5) is 0 Å². The summed E-state index contributed by atoms with van der Waals surface area (Å²) in [5.74, 6) is 1.62. The van der Waals surface area contributed by atoms with E-state index < -0.39 is 0 Å². The van der Waals surface area contributed by atoms with Crippen LogP contribution in [0.5, 0.6) is 0 Å². The van der Waals surface area contributed by atoms with Gasteiger partial charge >= 0.3 is 0 Å². The molecule has 0 spiro atoms. The van der Waals surface area contributed by atoms with Crippen molar-refractivity contribution in [3.63, 3.8) is 0 Å². The molecule has 13 heavy (non-hydrogen) atoms. The Labute approximate surface area is 93.1 Å². The van der Waals surface area contributed by atoms with Gasteiger partial charge in [-0.15, -0.1) is 0 Å². The van der Waals surface area contributed by atoms with Gasteiger partial charge in [0, 0.05) is 35.1 Å². The van der Waals surface area contributed by atoms with E-state index in [1.54, 1.807) is 0 Å². The summed E-state index contributed by atoms with van der Waals surface area (Å²) in [6.45, 7) is 12.8. The van der Waals surface area contributed by atoms with E-state index in [1.165, 1.54) is 0 Å². The van der Waals surface area contributed by atoms with Gasteiger partial charge in [-0.3, -0.25) is 4.99 Å².